The highest BCUT2D eigenvalue weighted by Crippen LogP contribution is 2.02. The fourth-order valence-corrected chi connectivity index (χ4v) is 0.717. The van der Waals surface area contributed by atoms with Gasteiger partial charge in [0.15, 0.2) is 0 Å². The van der Waals surface area contributed by atoms with Gasteiger partial charge in [0, 0.05) is 5.70 Å². The summed E-state index contributed by atoms with van der Waals surface area (Å²) in [4.78, 5) is 21.2. The van der Waals surface area contributed by atoms with Gasteiger partial charge in [-0.15, -0.1) is 0 Å². The van der Waals surface area contributed by atoms with Crippen LogP contribution in [0, 0.1) is 0 Å². The molecule has 1 aliphatic carbocycles. The van der Waals surface area contributed by atoms with Gasteiger partial charge in [0.05, 0.1) is 0 Å². The maximum atomic E-state index is 11.0. The molecule has 0 saturated heterocycles. The predicted octanol–water partition coefficient (Wildman–Crippen LogP) is -0.942. The lowest BCUT2D eigenvalue weighted by Crippen LogP contribution is -2.29. The number of nitrogens with two attached hydrogens (primary N) is 1. The molecule has 0 heterocycles. The third-order valence-corrected chi connectivity index (χ3v) is 1.31. The third kappa shape index (κ3) is 3.53. The van der Waals surface area contributed by atoms with E-state index in [0.29, 0.717) is 0 Å². The van der Waals surface area contributed by atoms with Crippen molar-refractivity contribution < 1.29 is 14.3 Å². The summed E-state index contributed by atoms with van der Waals surface area (Å²) < 4.78 is 4.69. The molecule has 0 aliphatic heterocycles. The van der Waals surface area contributed by atoms with Crippen LogP contribution in [0.4, 0.5) is 0 Å². The zero-order chi connectivity index (χ0) is 9.68. The van der Waals surface area contributed by atoms with Crippen LogP contribution < -0.4 is 11.1 Å². The molecule has 0 atom stereocenters. The van der Waals surface area contributed by atoms with Gasteiger partial charge >= 0.3 is 0 Å². The molecule has 3 N–H and O–H groups in total. The summed E-state index contributed by atoms with van der Waals surface area (Å²) in [5, 5.41) is 2.55. The highest BCUT2D eigenvalue weighted by atomic mass is 16.5. The molecule has 5 nitrogen and oxygen atoms in total. The van der Waals surface area contributed by atoms with Crippen molar-refractivity contribution >= 4 is 11.8 Å². The van der Waals surface area contributed by atoms with Crippen molar-refractivity contribution in [3.05, 3.63) is 23.9 Å². The number of amides is 2. The fourth-order valence-electron chi connectivity index (χ4n) is 0.717. The average Bonchev–Trinajstić information content (AvgIpc) is 1.96. The maximum absolute atomic E-state index is 11.0. The second-order valence-electron chi connectivity index (χ2n) is 2.49. The fraction of sp³-hybridized carbons (Fsp3) is 0.250. The second-order valence-corrected chi connectivity index (χ2v) is 2.49. The van der Waals surface area contributed by atoms with Crippen molar-refractivity contribution in [3.8, 4) is 0 Å². The minimum absolute atomic E-state index is 0.159. The lowest BCUT2D eigenvalue weighted by molar-refractivity contribution is -0.128. The Morgan fingerprint density at radius 1 is 1.46 bits per heavy atom. The minimum Gasteiger partial charge on any atom is -0.368 e. The smallest absolute Gasteiger partial charge is 0.250 e. The summed E-state index contributed by atoms with van der Waals surface area (Å²) in [6, 6.07) is 0. The molecule has 0 aromatic heterocycles. The van der Waals surface area contributed by atoms with Crippen LogP contribution >= 0.6 is 0 Å². The number of hydrogen-bond donors (Lipinski definition) is 2. The summed E-state index contributed by atoms with van der Waals surface area (Å²) in [7, 11) is 0. The molecule has 0 radical (unpaired) electrons. The molecule has 1 rings (SSSR count). The summed E-state index contributed by atoms with van der Waals surface area (Å²) in [6.07, 6.45) is 5.32. The summed E-state index contributed by atoms with van der Waals surface area (Å²) in [6.45, 7) is -0.392. The van der Waals surface area contributed by atoms with E-state index in [1.165, 1.54) is 0 Å². The predicted molar refractivity (Wildman–Crippen MR) is 45.4 cm³/mol. The Morgan fingerprint density at radius 2 is 2.15 bits per heavy atom. The summed E-state index contributed by atoms with van der Waals surface area (Å²) in [5.74, 6) is -0.882. The van der Waals surface area contributed by atoms with Gasteiger partial charge in [-0.3, -0.25) is 9.59 Å². The van der Waals surface area contributed by atoms with Gasteiger partial charge < -0.3 is 15.8 Å². The Hall–Kier alpha value is -1.62. The number of allylic oxidation sites excluding steroid dienone is 3. The minimum atomic E-state index is -0.587. The Bertz CT molecular complexity index is 281. The Morgan fingerprint density at radius 3 is 2.62 bits per heavy atom. The van der Waals surface area contributed by atoms with Gasteiger partial charge in [-0.1, -0.05) is 6.08 Å². The molecule has 1 aliphatic rings. The molecular formula is C8H10N2O3. The highest BCUT2D eigenvalue weighted by Gasteiger charge is 2.05. The van der Waals surface area contributed by atoms with Crippen molar-refractivity contribution in [1.82, 2.24) is 5.32 Å². The van der Waals surface area contributed by atoms with Crippen LogP contribution in [-0.2, 0) is 14.3 Å². The SMILES string of the molecule is NC(=O)COCC(=O)NC1=CC=C1. The van der Waals surface area contributed by atoms with Crippen molar-refractivity contribution in [2.75, 3.05) is 13.2 Å². The molecular weight excluding hydrogens is 172 g/mol. The first-order valence-corrected chi connectivity index (χ1v) is 3.73. The van der Waals surface area contributed by atoms with Crippen LogP contribution in [-0.4, -0.2) is 25.0 Å². The molecule has 0 saturated carbocycles. The number of hydrogen-bond acceptors (Lipinski definition) is 3. The number of primary amides is 1. The lowest BCUT2D eigenvalue weighted by Gasteiger charge is -2.08. The molecule has 2 amide bonds. The van der Waals surface area contributed by atoms with Gasteiger partial charge in [0.25, 0.3) is 0 Å². The van der Waals surface area contributed by atoms with E-state index in [1.807, 2.05) is 0 Å². The van der Waals surface area contributed by atoms with Crippen LogP contribution in [0.15, 0.2) is 23.9 Å². The number of rotatable bonds is 5. The number of carbonyl (C=O) groups is 2. The van der Waals surface area contributed by atoms with Crippen molar-refractivity contribution in [2.45, 2.75) is 0 Å². The average molecular weight is 182 g/mol. The van der Waals surface area contributed by atoms with Crippen LogP contribution in [0.25, 0.3) is 0 Å². The lowest BCUT2D eigenvalue weighted by atomic mass is 10.2. The van der Waals surface area contributed by atoms with Crippen LogP contribution in [0.5, 0.6) is 0 Å². The monoisotopic (exact) mass is 182 g/mol. The summed E-state index contributed by atoms with van der Waals surface area (Å²) >= 11 is 0. The quantitative estimate of drug-likeness (QED) is 0.575. The first-order chi connectivity index (χ1) is 6.18. The molecule has 5 heteroatoms. The van der Waals surface area contributed by atoms with Crippen LogP contribution in [0.1, 0.15) is 0 Å². The van der Waals surface area contributed by atoms with Crippen LogP contribution in [0.2, 0.25) is 0 Å². The van der Waals surface area contributed by atoms with E-state index < -0.39 is 5.91 Å². The van der Waals surface area contributed by atoms with Gasteiger partial charge in [-0.25, -0.2) is 0 Å². The zero-order valence-electron chi connectivity index (χ0n) is 6.95. The number of carbonyl (C=O) groups excluding carboxylic acids is 2. The zero-order valence-corrected chi connectivity index (χ0v) is 6.95. The highest BCUT2D eigenvalue weighted by molar-refractivity contribution is 5.81. The Balaban J connectivity index is 2.07. The molecule has 0 bridgehead atoms. The summed E-state index contributed by atoms with van der Waals surface area (Å²) in [5.41, 5.74) is 5.54. The van der Waals surface area contributed by atoms with E-state index in [-0.39, 0.29) is 19.1 Å². The first-order valence-electron chi connectivity index (χ1n) is 3.73. The van der Waals surface area contributed by atoms with E-state index >= 15 is 0 Å². The van der Waals surface area contributed by atoms with Gasteiger partial charge in [0.2, 0.25) is 11.8 Å². The second kappa shape index (κ2) is 4.42. The van der Waals surface area contributed by atoms with E-state index in [9.17, 15) is 9.59 Å². The molecule has 13 heavy (non-hydrogen) atoms. The van der Waals surface area contributed by atoms with E-state index in [0.717, 1.165) is 5.70 Å². The largest absolute Gasteiger partial charge is 0.368 e. The van der Waals surface area contributed by atoms with E-state index in [1.54, 1.807) is 18.2 Å². The number of nitrogens with one attached hydrogen (secondary N) is 1. The standard InChI is InChI=1S/C8H10N2O3/c9-7(11)4-13-5-8(12)10-6-2-1-3-6/h1-3H,4-5H2,(H2,9,11)(H,10,12). The van der Waals surface area contributed by atoms with Crippen molar-refractivity contribution in [2.24, 2.45) is 5.73 Å². The van der Waals surface area contributed by atoms with E-state index in [2.05, 4.69) is 10.1 Å². The molecule has 0 aromatic carbocycles. The van der Waals surface area contributed by atoms with Gasteiger partial charge in [-0.2, -0.15) is 0 Å². The normalized spacial score (nSPS) is 13.1. The Kier molecular flexibility index (Phi) is 3.22. The first kappa shape index (κ1) is 9.47. The molecule has 0 spiro atoms. The van der Waals surface area contributed by atoms with Gasteiger partial charge in [0.1, 0.15) is 13.2 Å². The third-order valence-electron chi connectivity index (χ3n) is 1.31. The van der Waals surface area contributed by atoms with Crippen molar-refractivity contribution in [3.63, 3.8) is 0 Å². The molecule has 0 unspecified atom stereocenters. The van der Waals surface area contributed by atoms with Crippen molar-refractivity contribution in [1.29, 1.82) is 0 Å². The molecule has 0 fully saturated rings. The van der Waals surface area contributed by atoms with E-state index in [4.69, 9.17) is 5.73 Å². The topological polar surface area (TPSA) is 81.4 Å². The molecule has 0 aromatic rings. The van der Waals surface area contributed by atoms with Crippen LogP contribution in [0.3, 0.4) is 0 Å². The number of ether oxygens (including phenoxy) is 1. The maximum Gasteiger partial charge on any atom is 0.250 e. The molecule has 70 valence electrons. The van der Waals surface area contributed by atoms with Gasteiger partial charge in [-0.05, 0) is 12.2 Å². The Labute approximate surface area is 75.2 Å².